The Hall–Kier alpha value is -2.53. The van der Waals surface area contributed by atoms with Crippen LogP contribution in [0.4, 0.5) is 0 Å². The van der Waals surface area contributed by atoms with E-state index in [4.69, 9.17) is 15.2 Å². The van der Waals surface area contributed by atoms with E-state index in [-0.39, 0.29) is 0 Å². The number of rotatable bonds is 4. The summed E-state index contributed by atoms with van der Waals surface area (Å²) in [7, 11) is 3.28. The number of ether oxygens (including phenoxy) is 2. The number of hydrogen-bond donors (Lipinski definition) is 1. The molecule has 0 saturated carbocycles. The second-order valence-corrected chi connectivity index (χ2v) is 4.61. The van der Waals surface area contributed by atoms with Gasteiger partial charge in [-0.25, -0.2) is 4.98 Å². The second-order valence-electron chi connectivity index (χ2n) is 4.61. The van der Waals surface area contributed by atoms with Crippen molar-refractivity contribution in [3.63, 3.8) is 0 Å². The smallest absolute Gasteiger partial charge is 0.137 e. The highest BCUT2D eigenvalue weighted by Crippen LogP contribution is 2.35. The lowest BCUT2D eigenvalue weighted by molar-refractivity contribution is 0.404. The number of aromatic nitrogens is 2. The summed E-state index contributed by atoms with van der Waals surface area (Å²) >= 11 is 0. The highest BCUT2D eigenvalue weighted by molar-refractivity contribution is 5.73. The molecule has 0 spiro atoms. The van der Waals surface area contributed by atoms with Gasteiger partial charge in [-0.1, -0.05) is 6.07 Å². The first-order valence-electron chi connectivity index (χ1n) is 6.67. The Bertz CT molecular complexity index is 780. The van der Waals surface area contributed by atoms with E-state index >= 15 is 0 Å². The molecule has 3 rings (SSSR count). The molecule has 2 heterocycles. The maximum Gasteiger partial charge on any atom is 0.137 e. The van der Waals surface area contributed by atoms with Crippen molar-refractivity contribution in [1.82, 2.24) is 9.38 Å². The zero-order chi connectivity index (χ0) is 14.8. The van der Waals surface area contributed by atoms with Gasteiger partial charge in [0, 0.05) is 18.3 Å². The summed E-state index contributed by atoms with van der Waals surface area (Å²) in [5.74, 6) is 1.50. The number of hydrogen-bond acceptors (Lipinski definition) is 4. The van der Waals surface area contributed by atoms with Crippen molar-refractivity contribution in [3.05, 3.63) is 48.3 Å². The number of nitrogens with zero attached hydrogens (tertiary/aromatic N) is 2. The molecule has 1 aromatic carbocycles. The van der Waals surface area contributed by atoms with E-state index in [1.165, 1.54) is 0 Å². The van der Waals surface area contributed by atoms with Crippen LogP contribution in [0.1, 0.15) is 5.69 Å². The highest BCUT2D eigenvalue weighted by atomic mass is 16.5. The predicted molar refractivity (Wildman–Crippen MR) is 81.6 cm³/mol. The molecule has 0 amide bonds. The molecular formula is C16H17N3O2. The Balaban J connectivity index is 2.29. The van der Waals surface area contributed by atoms with Crippen molar-refractivity contribution < 1.29 is 9.47 Å². The van der Waals surface area contributed by atoms with Crippen LogP contribution in [0.2, 0.25) is 0 Å². The summed E-state index contributed by atoms with van der Waals surface area (Å²) in [6.45, 7) is 0.390. The molecule has 0 unspecified atom stereocenters. The number of imidazole rings is 1. The number of pyridine rings is 1. The van der Waals surface area contributed by atoms with Gasteiger partial charge in [0.1, 0.15) is 17.1 Å². The van der Waals surface area contributed by atoms with Crippen LogP contribution in [-0.4, -0.2) is 23.6 Å². The van der Waals surface area contributed by atoms with Gasteiger partial charge in [-0.15, -0.1) is 0 Å². The van der Waals surface area contributed by atoms with Gasteiger partial charge in [0.05, 0.1) is 25.6 Å². The number of methoxy groups -OCH3 is 2. The monoisotopic (exact) mass is 283 g/mol. The van der Waals surface area contributed by atoms with E-state index in [9.17, 15) is 0 Å². The first-order chi connectivity index (χ1) is 10.3. The molecule has 108 valence electrons. The van der Waals surface area contributed by atoms with Crippen LogP contribution >= 0.6 is 0 Å². The molecule has 0 atom stereocenters. The maximum atomic E-state index is 5.93. The Morgan fingerprint density at radius 2 is 2.00 bits per heavy atom. The lowest BCUT2D eigenvalue weighted by atomic mass is 10.1. The van der Waals surface area contributed by atoms with Gasteiger partial charge in [0.25, 0.3) is 0 Å². The molecule has 2 N–H and O–H groups in total. The lowest BCUT2D eigenvalue weighted by Gasteiger charge is -2.10. The molecule has 5 heteroatoms. The van der Waals surface area contributed by atoms with Crippen LogP contribution in [0.15, 0.2) is 42.6 Å². The van der Waals surface area contributed by atoms with E-state index in [0.717, 1.165) is 34.1 Å². The van der Waals surface area contributed by atoms with Gasteiger partial charge in [-0.2, -0.15) is 0 Å². The summed E-state index contributed by atoms with van der Waals surface area (Å²) in [6, 6.07) is 11.5. The molecule has 0 aliphatic heterocycles. The van der Waals surface area contributed by atoms with Gasteiger partial charge in [-0.3, -0.25) is 0 Å². The third-order valence-electron chi connectivity index (χ3n) is 3.48. The van der Waals surface area contributed by atoms with E-state index in [2.05, 4.69) is 4.98 Å². The van der Waals surface area contributed by atoms with E-state index in [1.54, 1.807) is 14.2 Å². The predicted octanol–water partition coefficient (Wildman–Crippen LogP) is 2.48. The maximum absolute atomic E-state index is 5.93. The molecule has 0 saturated heterocycles. The number of benzene rings is 1. The minimum atomic E-state index is 0.390. The van der Waals surface area contributed by atoms with Crippen LogP contribution in [0.3, 0.4) is 0 Å². The standard InChI is InChI=1S/C16H17N3O2/c1-20-11-6-7-14(21-2)12(9-11)16-13(10-17)19-8-4-3-5-15(19)18-16/h3-9H,10,17H2,1-2H3. The number of fused-ring (bicyclic) bond motifs is 1. The van der Waals surface area contributed by atoms with Crippen LogP contribution < -0.4 is 15.2 Å². The summed E-state index contributed by atoms with van der Waals surface area (Å²) in [5.41, 5.74) is 9.42. The Morgan fingerprint density at radius 3 is 2.71 bits per heavy atom. The topological polar surface area (TPSA) is 61.8 Å². The fraction of sp³-hybridized carbons (Fsp3) is 0.188. The lowest BCUT2D eigenvalue weighted by Crippen LogP contribution is -2.03. The summed E-state index contributed by atoms with van der Waals surface area (Å²) in [6.07, 6.45) is 1.96. The summed E-state index contributed by atoms with van der Waals surface area (Å²) < 4.78 is 12.7. The zero-order valence-corrected chi connectivity index (χ0v) is 12.0. The molecule has 3 aromatic rings. The van der Waals surface area contributed by atoms with Crippen molar-refractivity contribution in [2.24, 2.45) is 5.73 Å². The average Bonchev–Trinajstić information content (AvgIpc) is 2.92. The molecular weight excluding hydrogens is 266 g/mol. The van der Waals surface area contributed by atoms with E-state index < -0.39 is 0 Å². The first kappa shape index (κ1) is 13.5. The Kier molecular flexibility index (Phi) is 3.50. The van der Waals surface area contributed by atoms with Gasteiger partial charge < -0.3 is 19.6 Å². The van der Waals surface area contributed by atoms with E-state index in [1.807, 2.05) is 47.0 Å². The van der Waals surface area contributed by atoms with Crippen LogP contribution in [-0.2, 0) is 6.54 Å². The zero-order valence-electron chi connectivity index (χ0n) is 12.0. The number of nitrogens with two attached hydrogens (primary N) is 1. The quantitative estimate of drug-likeness (QED) is 0.799. The molecule has 0 fully saturated rings. The van der Waals surface area contributed by atoms with Crippen LogP contribution in [0, 0.1) is 0 Å². The first-order valence-corrected chi connectivity index (χ1v) is 6.67. The molecule has 5 nitrogen and oxygen atoms in total. The summed E-state index contributed by atoms with van der Waals surface area (Å²) in [4.78, 5) is 4.69. The third kappa shape index (κ3) is 2.21. The van der Waals surface area contributed by atoms with Crippen molar-refractivity contribution in [1.29, 1.82) is 0 Å². The summed E-state index contributed by atoms with van der Waals surface area (Å²) in [5, 5.41) is 0. The molecule has 0 aliphatic carbocycles. The van der Waals surface area contributed by atoms with Crippen LogP contribution in [0.25, 0.3) is 16.9 Å². The largest absolute Gasteiger partial charge is 0.497 e. The second kappa shape index (κ2) is 5.46. The Morgan fingerprint density at radius 1 is 1.14 bits per heavy atom. The molecule has 0 bridgehead atoms. The average molecular weight is 283 g/mol. The van der Waals surface area contributed by atoms with Gasteiger partial charge >= 0.3 is 0 Å². The fourth-order valence-electron chi connectivity index (χ4n) is 2.46. The SMILES string of the molecule is COc1ccc(OC)c(-c2nc3ccccn3c2CN)c1. The third-order valence-corrected chi connectivity index (χ3v) is 3.48. The molecule has 0 aliphatic rings. The normalized spacial score (nSPS) is 10.8. The van der Waals surface area contributed by atoms with Gasteiger partial charge in [0.15, 0.2) is 0 Å². The van der Waals surface area contributed by atoms with Crippen molar-refractivity contribution in [2.45, 2.75) is 6.54 Å². The van der Waals surface area contributed by atoms with Crippen molar-refractivity contribution in [3.8, 4) is 22.8 Å². The fourth-order valence-corrected chi connectivity index (χ4v) is 2.46. The molecule has 2 aromatic heterocycles. The minimum Gasteiger partial charge on any atom is -0.497 e. The van der Waals surface area contributed by atoms with Gasteiger partial charge in [-0.05, 0) is 30.3 Å². The van der Waals surface area contributed by atoms with Crippen molar-refractivity contribution in [2.75, 3.05) is 14.2 Å². The van der Waals surface area contributed by atoms with Gasteiger partial charge in [0.2, 0.25) is 0 Å². The molecule has 21 heavy (non-hydrogen) atoms. The van der Waals surface area contributed by atoms with E-state index in [0.29, 0.717) is 6.54 Å². The minimum absolute atomic E-state index is 0.390. The highest BCUT2D eigenvalue weighted by Gasteiger charge is 2.17. The molecule has 0 radical (unpaired) electrons. The van der Waals surface area contributed by atoms with Crippen LogP contribution in [0.5, 0.6) is 11.5 Å². The Labute approximate surface area is 122 Å². The van der Waals surface area contributed by atoms with Crippen molar-refractivity contribution >= 4 is 5.65 Å².